The molecular weight excluding hydrogens is 479 g/mol. The minimum atomic E-state index is -0.221. The van der Waals surface area contributed by atoms with Gasteiger partial charge in [-0.2, -0.15) is 0 Å². The molecule has 2 heterocycles. The molecule has 1 saturated heterocycles. The van der Waals surface area contributed by atoms with E-state index in [1.165, 1.54) is 0 Å². The Balaban J connectivity index is 0.00000300. The van der Waals surface area contributed by atoms with Crippen molar-refractivity contribution < 1.29 is 4.79 Å². The summed E-state index contributed by atoms with van der Waals surface area (Å²) in [6, 6.07) is 12.2. The zero-order valence-electron chi connectivity index (χ0n) is 16.9. The molecule has 1 aliphatic rings. The quantitative estimate of drug-likeness (QED) is 0.231. The molecule has 3 rings (SSSR count). The van der Waals surface area contributed by atoms with Crippen molar-refractivity contribution in [2.24, 2.45) is 16.6 Å². The van der Waals surface area contributed by atoms with Gasteiger partial charge in [0.05, 0.1) is 12.1 Å². The van der Waals surface area contributed by atoms with E-state index in [2.05, 4.69) is 39.6 Å². The van der Waals surface area contributed by atoms with Gasteiger partial charge in [0.15, 0.2) is 5.96 Å². The summed E-state index contributed by atoms with van der Waals surface area (Å²) in [5.41, 5.74) is 6.36. The van der Waals surface area contributed by atoms with Crippen LogP contribution in [0, 0.1) is 5.92 Å². The number of carbonyl (C=O) groups is 1. The number of aromatic nitrogens is 1. The number of hydrogen-bond acceptors (Lipinski definition) is 4. The van der Waals surface area contributed by atoms with Crippen molar-refractivity contribution in [3.63, 3.8) is 0 Å². The van der Waals surface area contributed by atoms with Crippen LogP contribution >= 0.6 is 24.0 Å². The van der Waals surface area contributed by atoms with Crippen LogP contribution in [0.3, 0.4) is 0 Å². The number of pyridine rings is 1. The maximum absolute atomic E-state index is 11.2. The molecule has 158 valence electrons. The fraction of sp³-hybridized carbons (Fsp3) is 0.476. The molecule has 1 amide bonds. The Bertz CT molecular complexity index is 828. The Morgan fingerprint density at radius 3 is 2.93 bits per heavy atom. The summed E-state index contributed by atoms with van der Waals surface area (Å²) in [7, 11) is 0. The van der Waals surface area contributed by atoms with Crippen LogP contribution in [-0.4, -0.2) is 54.5 Å². The van der Waals surface area contributed by atoms with Gasteiger partial charge < -0.3 is 21.3 Å². The summed E-state index contributed by atoms with van der Waals surface area (Å²) in [6.45, 7) is 6.02. The van der Waals surface area contributed by atoms with Gasteiger partial charge in [-0.3, -0.25) is 9.79 Å². The number of para-hydroxylation sites is 1. The lowest BCUT2D eigenvalue weighted by Gasteiger charge is -2.34. The van der Waals surface area contributed by atoms with Gasteiger partial charge in [0, 0.05) is 38.0 Å². The van der Waals surface area contributed by atoms with Gasteiger partial charge in [-0.05, 0) is 43.9 Å². The maximum Gasteiger partial charge on any atom is 0.217 e. The fourth-order valence-corrected chi connectivity index (χ4v) is 3.64. The lowest BCUT2D eigenvalue weighted by molar-refractivity contribution is -0.119. The Morgan fingerprint density at radius 1 is 1.31 bits per heavy atom. The fourth-order valence-electron chi connectivity index (χ4n) is 3.64. The van der Waals surface area contributed by atoms with Gasteiger partial charge in [0.25, 0.3) is 0 Å². The smallest absolute Gasteiger partial charge is 0.217 e. The number of amides is 1. The van der Waals surface area contributed by atoms with Crippen molar-refractivity contribution in [1.29, 1.82) is 0 Å². The number of nitrogens with zero attached hydrogens (tertiary/aromatic N) is 3. The van der Waals surface area contributed by atoms with E-state index in [0.29, 0.717) is 25.4 Å². The molecule has 4 N–H and O–H groups in total. The van der Waals surface area contributed by atoms with E-state index in [9.17, 15) is 4.79 Å². The standard InChI is InChI=1S/C21H30N6O.HI/c1-2-23-21(27-13-5-6-16(15-27)14-19(22)28)25-12-11-24-20-10-9-17-7-3-4-8-18(17)26-20;/h3-4,7-10,16H,2,5-6,11-15H2,1H3,(H2,22,28)(H,23,25)(H,24,26);1H. The molecule has 0 saturated carbocycles. The van der Waals surface area contributed by atoms with Crippen molar-refractivity contribution in [1.82, 2.24) is 15.2 Å². The lowest BCUT2D eigenvalue weighted by atomic mass is 9.95. The summed E-state index contributed by atoms with van der Waals surface area (Å²) in [4.78, 5) is 22.9. The van der Waals surface area contributed by atoms with E-state index in [1.54, 1.807) is 0 Å². The summed E-state index contributed by atoms with van der Waals surface area (Å²) in [6.07, 6.45) is 2.56. The second kappa shape index (κ2) is 11.8. The number of piperidine rings is 1. The third-order valence-corrected chi connectivity index (χ3v) is 4.92. The number of rotatable bonds is 7. The highest BCUT2D eigenvalue weighted by molar-refractivity contribution is 14.0. The van der Waals surface area contributed by atoms with Crippen LogP contribution in [0.2, 0.25) is 0 Å². The van der Waals surface area contributed by atoms with E-state index in [-0.39, 0.29) is 29.9 Å². The molecule has 0 spiro atoms. The number of aliphatic imine (C=N–C) groups is 1. The van der Waals surface area contributed by atoms with Crippen molar-refractivity contribution in [3.8, 4) is 0 Å². The van der Waals surface area contributed by atoms with Crippen LogP contribution in [0.1, 0.15) is 26.2 Å². The monoisotopic (exact) mass is 510 g/mol. The highest BCUT2D eigenvalue weighted by atomic mass is 127. The number of nitrogens with one attached hydrogen (secondary N) is 2. The second-order valence-electron chi connectivity index (χ2n) is 7.18. The Morgan fingerprint density at radius 2 is 2.14 bits per heavy atom. The number of hydrogen-bond donors (Lipinski definition) is 3. The average Bonchev–Trinajstić information content (AvgIpc) is 2.70. The van der Waals surface area contributed by atoms with Gasteiger partial charge in [0.1, 0.15) is 5.82 Å². The van der Waals surface area contributed by atoms with Crippen LogP contribution in [0.4, 0.5) is 5.82 Å². The van der Waals surface area contributed by atoms with Crippen LogP contribution in [0.5, 0.6) is 0 Å². The number of anilines is 1. The molecule has 7 nitrogen and oxygen atoms in total. The normalized spacial score (nSPS) is 16.9. The van der Waals surface area contributed by atoms with Crippen LogP contribution in [-0.2, 0) is 4.79 Å². The first-order valence-electron chi connectivity index (χ1n) is 10.1. The van der Waals surface area contributed by atoms with Gasteiger partial charge >= 0.3 is 0 Å². The van der Waals surface area contributed by atoms with E-state index >= 15 is 0 Å². The predicted molar refractivity (Wildman–Crippen MR) is 130 cm³/mol. The SMILES string of the molecule is CCNC(=NCCNc1ccc2ccccc2n1)N1CCCC(CC(N)=O)C1.I. The topological polar surface area (TPSA) is 95.6 Å². The van der Waals surface area contributed by atoms with Gasteiger partial charge in [0.2, 0.25) is 5.91 Å². The Hall–Kier alpha value is -2.10. The molecular formula is C21H31IN6O. The number of benzene rings is 1. The zero-order valence-corrected chi connectivity index (χ0v) is 19.3. The van der Waals surface area contributed by atoms with E-state index in [0.717, 1.165) is 55.2 Å². The molecule has 1 aliphatic heterocycles. The molecule has 0 aliphatic carbocycles. The molecule has 1 aromatic carbocycles. The number of primary amides is 1. The van der Waals surface area contributed by atoms with Crippen molar-refractivity contribution in [3.05, 3.63) is 36.4 Å². The van der Waals surface area contributed by atoms with Gasteiger partial charge in [-0.1, -0.05) is 18.2 Å². The molecule has 8 heteroatoms. The molecule has 0 radical (unpaired) electrons. The second-order valence-corrected chi connectivity index (χ2v) is 7.18. The third kappa shape index (κ3) is 7.02. The van der Waals surface area contributed by atoms with Crippen molar-refractivity contribution in [2.75, 3.05) is 38.0 Å². The van der Waals surface area contributed by atoms with Gasteiger partial charge in [-0.15, -0.1) is 24.0 Å². The lowest BCUT2D eigenvalue weighted by Crippen LogP contribution is -2.47. The van der Waals surface area contributed by atoms with E-state index in [1.807, 2.05) is 24.3 Å². The molecule has 1 aromatic heterocycles. The summed E-state index contributed by atoms with van der Waals surface area (Å²) in [5, 5.41) is 7.85. The highest BCUT2D eigenvalue weighted by Crippen LogP contribution is 2.19. The third-order valence-electron chi connectivity index (χ3n) is 4.92. The van der Waals surface area contributed by atoms with E-state index < -0.39 is 0 Å². The Kier molecular flexibility index (Phi) is 9.43. The minimum Gasteiger partial charge on any atom is -0.370 e. The number of likely N-dealkylation sites (tertiary alicyclic amines) is 1. The number of fused-ring (bicyclic) bond motifs is 1. The molecule has 2 aromatic rings. The number of carbonyl (C=O) groups excluding carboxylic acids is 1. The maximum atomic E-state index is 11.2. The number of guanidine groups is 1. The number of halogens is 1. The highest BCUT2D eigenvalue weighted by Gasteiger charge is 2.23. The first-order valence-corrected chi connectivity index (χ1v) is 10.1. The Labute approximate surface area is 189 Å². The molecule has 1 fully saturated rings. The first-order chi connectivity index (χ1) is 13.7. The van der Waals surface area contributed by atoms with Crippen LogP contribution in [0.15, 0.2) is 41.4 Å². The molecule has 0 bridgehead atoms. The zero-order chi connectivity index (χ0) is 19.8. The molecule has 1 unspecified atom stereocenters. The van der Waals surface area contributed by atoms with Crippen LogP contribution in [0.25, 0.3) is 10.9 Å². The van der Waals surface area contributed by atoms with E-state index in [4.69, 9.17) is 10.7 Å². The summed E-state index contributed by atoms with van der Waals surface area (Å²) < 4.78 is 0. The summed E-state index contributed by atoms with van der Waals surface area (Å²) in [5.74, 6) is 1.86. The van der Waals surface area contributed by atoms with Gasteiger partial charge in [-0.25, -0.2) is 4.98 Å². The largest absolute Gasteiger partial charge is 0.370 e. The molecule has 1 atom stereocenters. The number of nitrogens with two attached hydrogens (primary N) is 1. The minimum absolute atomic E-state index is 0. The predicted octanol–water partition coefficient (Wildman–Crippen LogP) is 2.82. The summed E-state index contributed by atoms with van der Waals surface area (Å²) >= 11 is 0. The average molecular weight is 510 g/mol. The van der Waals surface area contributed by atoms with Crippen molar-refractivity contribution in [2.45, 2.75) is 26.2 Å². The van der Waals surface area contributed by atoms with Crippen molar-refractivity contribution >= 4 is 52.6 Å². The van der Waals surface area contributed by atoms with Crippen LogP contribution < -0.4 is 16.4 Å². The molecule has 29 heavy (non-hydrogen) atoms. The first kappa shape index (κ1) is 23.2.